The number of piperidine rings is 1. The number of benzene rings is 1. The van der Waals surface area contributed by atoms with Crippen LogP contribution in [0.4, 0.5) is 4.79 Å². The molecule has 2 heterocycles. The summed E-state index contributed by atoms with van der Waals surface area (Å²) in [5.41, 5.74) is 1.39. The van der Waals surface area contributed by atoms with Crippen LogP contribution in [0.25, 0.3) is 0 Å². The second kappa shape index (κ2) is 8.48. The Bertz CT molecular complexity index is 631. The van der Waals surface area contributed by atoms with Gasteiger partial charge in [0.05, 0.1) is 6.20 Å². The number of rotatable bonds is 5. The third-order valence-corrected chi connectivity index (χ3v) is 4.54. The molecule has 1 unspecified atom stereocenters. The minimum atomic E-state index is -0.254. The van der Waals surface area contributed by atoms with Gasteiger partial charge in [-0.05, 0) is 55.7 Å². The largest absolute Gasteiger partial charge is 0.415 e. The number of likely N-dealkylation sites (tertiary alicyclic amines) is 1. The van der Waals surface area contributed by atoms with Crippen LogP contribution in [0, 0.1) is 5.92 Å². The molecule has 0 radical (unpaired) electrons. The number of nitrogens with zero attached hydrogens (tertiary/aromatic N) is 2. The van der Waals surface area contributed by atoms with Crippen molar-refractivity contribution >= 4 is 6.09 Å². The average molecular weight is 324 g/mol. The highest BCUT2D eigenvalue weighted by Gasteiger charge is 2.24. The molecule has 0 spiro atoms. The number of carbonyl (C=O) groups is 1. The Morgan fingerprint density at radius 1 is 1.21 bits per heavy atom. The summed E-state index contributed by atoms with van der Waals surface area (Å²) in [6.45, 7) is 1.59. The number of carbonyl (C=O) groups excluding carboxylic acids is 1. The van der Waals surface area contributed by atoms with Gasteiger partial charge in [0.15, 0.2) is 5.75 Å². The van der Waals surface area contributed by atoms with Crippen molar-refractivity contribution in [3.8, 4) is 5.75 Å². The van der Waals surface area contributed by atoms with Gasteiger partial charge in [0, 0.05) is 19.3 Å². The predicted octanol–water partition coefficient (Wildman–Crippen LogP) is 4.32. The SMILES string of the molecule is O=C(Oc1cccnc1)N1CCCC(CCCc2ccccc2)C1. The number of hydrogen-bond donors (Lipinski definition) is 0. The number of amides is 1. The molecule has 24 heavy (non-hydrogen) atoms. The van der Waals surface area contributed by atoms with Crippen molar-refractivity contribution in [1.29, 1.82) is 0 Å². The number of aryl methyl sites for hydroxylation is 1. The Morgan fingerprint density at radius 3 is 2.88 bits per heavy atom. The first kappa shape index (κ1) is 16.5. The molecule has 2 aromatic rings. The predicted molar refractivity (Wildman–Crippen MR) is 93.9 cm³/mol. The molecule has 1 fully saturated rings. The highest BCUT2D eigenvalue weighted by Crippen LogP contribution is 2.23. The summed E-state index contributed by atoms with van der Waals surface area (Å²) in [5.74, 6) is 1.08. The molecule has 3 rings (SSSR count). The Labute approximate surface area is 143 Å². The summed E-state index contributed by atoms with van der Waals surface area (Å²) < 4.78 is 5.40. The lowest BCUT2D eigenvalue weighted by atomic mass is 9.92. The molecule has 4 heteroatoms. The van der Waals surface area contributed by atoms with E-state index in [2.05, 4.69) is 35.3 Å². The van der Waals surface area contributed by atoms with Crippen molar-refractivity contribution < 1.29 is 9.53 Å². The fourth-order valence-electron chi connectivity index (χ4n) is 3.28. The minimum Gasteiger partial charge on any atom is -0.409 e. The van der Waals surface area contributed by atoms with Gasteiger partial charge in [-0.3, -0.25) is 4.98 Å². The van der Waals surface area contributed by atoms with Crippen LogP contribution in [0.5, 0.6) is 5.75 Å². The first-order valence-corrected chi connectivity index (χ1v) is 8.72. The maximum absolute atomic E-state index is 12.3. The van der Waals surface area contributed by atoms with Gasteiger partial charge in [-0.1, -0.05) is 30.3 Å². The van der Waals surface area contributed by atoms with E-state index in [1.807, 2.05) is 4.90 Å². The summed E-state index contributed by atoms with van der Waals surface area (Å²) in [4.78, 5) is 18.1. The second-order valence-electron chi connectivity index (χ2n) is 6.39. The lowest BCUT2D eigenvalue weighted by Crippen LogP contribution is -2.41. The van der Waals surface area contributed by atoms with Gasteiger partial charge in [0.2, 0.25) is 0 Å². The van der Waals surface area contributed by atoms with E-state index in [1.165, 1.54) is 18.4 Å². The van der Waals surface area contributed by atoms with Gasteiger partial charge in [-0.25, -0.2) is 4.79 Å². The maximum atomic E-state index is 12.3. The van der Waals surface area contributed by atoms with Crippen LogP contribution in [0.1, 0.15) is 31.2 Å². The maximum Gasteiger partial charge on any atom is 0.415 e. The van der Waals surface area contributed by atoms with Crippen LogP contribution in [-0.4, -0.2) is 29.1 Å². The first-order chi connectivity index (χ1) is 11.8. The topological polar surface area (TPSA) is 42.4 Å². The van der Waals surface area contributed by atoms with Gasteiger partial charge < -0.3 is 9.64 Å². The third kappa shape index (κ3) is 4.82. The van der Waals surface area contributed by atoms with E-state index >= 15 is 0 Å². The van der Waals surface area contributed by atoms with Crippen LogP contribution in [0.2, 0.25) is 0 Å². The van der Waals surface area contributed by atoms with Crippen molar-refractivity contribution in [1.82, 2.24) is 9.88 Å². The van der Waals surface area contributed by atoms with Crippen molar-refractivity contribution in [3.63, 3.8) is 0 Å². The number of hydrogen-bond acceptors (Lipinski definition) is 3. The standard InChI is InChI=1S/C20H24N2O2/c23-20(24-19-12-5-13-21-15-19)22-14-6-11-18(16-22)10-4-9-17-7-2-1-3-8-17/h1-3,5,7-8,12-13,15,18H,4,6,9-11,14,16H2. The van der Waals surface area contributed by atoms with Crippen LogP contribution >= 0.6 is 0 Å². The quantitative estimate of drug-likeness (QED) is 0.823. The smallest absolute Gasteiger partial charge is 0.409 e. The zero-order valence-corrected chi connectivity index (χ0v) is 13.9. The van der Waals surface area contributed by atoms with E-state index in [-0.39, 0.29) is 6.09 Å². The molecule has 1 aliphatic heterocycles. The zero-order chi connectivity index (χ0) is 16.6. The van der Waals surface area contributed by atoms with Crippen LogP contribution in [0.15, 0.2) is 54.9 Å². The Morgan fingerprint density at radius 2 is 2.08 bits per heavy atom. The lowest BCUT2D eigenvalue weighted by molar-refractivity contribution is 0.124. The molecule has 1 saturated heterocycles. The van der Waals surface area contributed by atoms with Gasteiger partial charge in [0.25, 0.3) is 0 Å². The van der Waals surface area contributed by atoms with Gasteiger partial charge in [-0.2, -0.15) is 0 Å². The van der Waals surface area contributed by atoms with Gasteiger partial charge in [0.1, 0.15) is 0 Å². The van der Waals surface area contributed by atoms with E-state index in [9.17, 15) is 4.79 Å². The normalized spacial score (nSPS) is 17.5. The fourth-order valence-corrected chi connectivity index (χ4v) is 3.28. The van der Waals surface area contributed by atoms with E-state index in [1.54, 1.807) is 24.5 Å². The van der Waals surface area contributed by atoms with Crippen molar-refractivity contribution in [2.45, 2.75) is 32.1 Å². The molecule has 1 aromatic carbocycles. The Balaban J connectivity index is 1.44. The minimum absolute atomic E-state index is 0.254. The summed E-state index contributed by atoms with van der Waals surface area (Å²) in [5, 5.41) is 0. The first-order valence-electron chi connectivity index (χ1n) is 8.72. The average Bonchev–Trinajstić information content (AvgIpc) is 2.64. The molecular formula is C20H24N2O2. The molecule has 0 saturated carbocycles. The Hall–Kier alpha value is -2.36. The summed E-state index contributed by atoms with van der Waals surface area (Å²) in [7, 11) is 0. The molecule has 0 bridgehead atoms. The van der Waals surface area contributed by atoms with E-state index in [0.717, 1.165) is 32.4 Å². The summed E-state index contributed by atoms with van der Waals surface area (Å²) in [6.07, 6.45) is 8.67. The fraction of sp³-hybridized carbons (Fsp3) is 0.400. The number of ether oxygens (including phenoxy) is 1. The second-order valence-corrected chi connectivity index (χ2v) is 6.39. The molecule has 0 aliphatic carbocycles. The van der Waals surface area contributed by atoms with Crippen LogP contribution in [0.3, 0.4) is 0 Å². The number of pyridine rings is 1. The molecule has 126 valence electrons. The van der Waals surface area contributed by atoms with Crippen LogP contribution in [-0.2, 0) is 6.42 Å². The molecule has 4 nitrogen and oxygen atoms in total. The van der Waals surface area contributed by atoms with E-state index < -0.39 is 0 Å². The monoisotopic (exact) mass is 324 g/mol. The Kier molecular flexibility index (Phi) is 5.83. The zero-order valence-electron chi connectivity index (χ0n) is 13.9. The van der Waals surface area contributed by atoms with E-state index in [4.69, 9.17) is 4.74 Å². The van der Waals surface area contributed by atoms with Crippen molar-refractivity contribution in [2.75, 3.05) is 13.1 Å². The van der Waals surface area contributed by atoms with Gasteiger partial charge >= 0.3 is 6.09 Å². The van der Waals surface area contributed by atoms with Crippen molar-refractivity contribution in [3.05, 3.63) is 60.4 Å². The van der Waals surface area contributed by atoms with Gasteiger partial charge in [-0.15, -0.1) is 0 Å². The number of aromatic nitrogens is 1. The molecule has 1 aromatic heterocycles. The van der Waals surface area contributed by atoms with Crippen molar-refractivity contribution in [2.24, 2.45) is 5.92 Å². The third-order valence-electron chi connectivity index (χ3n) is 4.54. The highest BCUT2D eigenvalue weighted by atomic mass is 16.6. The summed E-state index contributed by atoms with van der Waals surface area (Å²) >= 11 is 0. The highest BCUT2D eigenvalue weighted by molar-refractivity contribution is 5.70. The molecule has 1 amide bonds. The summed E-state index contributed by atoms with van der Waals surface area (Å²) in [6, 6.07) is 14.1. The van der Waals surface area contributed by atoms with Crippen LogP contribution < -0.4 is 4.74 Å². The van der Waals surface area contributed by atoms with E-state index in [0.29, 0.717) is 11.7 Å². The molecular weight excluding hydrogens is 300 g/mol. The molecule has 0 N–H and O–H groups in total. The molecule has 1 atom stereocenters. The molecule has 1 aliphatic rings. The lowest BCUT2D eigenvalue weighted by Gasteiger charge is -2.32.